The Morgan fingerprint density at radius 3 is 2.43 bits per heavy atom. The van der Waals surface area contributed by atoms with E-state index >= 15 is 0 Å². The maximum Gasteiger partial charge on any atom is 0.303 e. The van der Waals surface area contributed by atoms with E-state index in [0.29, 0.717) is 6.04 Å². The molecule has 1 rings (SSSR count). The second-order valence-electron chi connectivity index (χ2n) is 4.12. The third-order valence-electron chi connectivity index (χ3n) is 2.94. The van der Waals surface area contributed by atoms with Crippen LogP contribution in [0.5, 0.6) is 0 Å². The molecular formula is C10H20N2O2. The van der Waals surface area contributed by atoms with Crippen molar-refractivity contribution in [2.24, 2.45) is 0 Å². The number of piperazine rings is 1. The average molecular weight is 200 g/mol. The van der Waals surface area contributed by atoms with Crippen molar-refractivity contribution in [3.63, 3.8) is 0 Å². The molecule has 0 aromatic rings. The van der Waals surface area contributed by atoms with Gasteiger partial charge in [-0.15, -0.1) is 0 Å². The van der Waals surface area contributed by atoms with Crippen LogP contribution in [0, 0.1) is 0 Å². The van der Waals surface area contributed by atoms with Crippen LogP contribution in [0.15, 0.2) is 0 Å². The quantitative estimate of drug-likeness (QED) is 0.717. The molecule has 0 aliphatic carbocycles. The number of carboxylic acids is 1. The zero-order valence-corrected chi connectivity index (χ0v) is 9.07. The van der Waals surface area contributed by atoms with Crippen LogP contribution >= 0.6 is 0 Å². The van der Waals surface area contributed by atoms with Gasteiger partial charge < -0.3 is 10.0 Å². The van der Waals surface area contributed by atoms with Gasteiger partial charge in [-0.2, -0.15) is 0 Å². The SMILES string of the molecule is C[C@H](CCC(=O)O)N1CCN(C)CC1. The first-order valence-corrected chi connectivity index (χ1v) is 5.24. The number of carbonyl (C=O) groups is 1. The summed E-state index contributed by atoms with van der Waals surface area (Å²) in [6.07, 6.45) is 1.05. The van der Waals surface area contributed by atoms with Crippen LogP contribution in [0.1, 0.15) is 19.8 Å². The van der Waals surface area contributed by atoms with Crippen molar-refractivity contribution in [2.45, 2.75) is 25.8 Å². The van der Waals surface area contributed by atoms with Gasteiger partial charge in [0.15, 0.2) is 0 Å². The number of nitrogens with zero attached hydrogens (tertiary/aromatic N) is 2. The lowest BCUT2D eigenvalue weighted by Crippen LogP contribution is -2.48. The molecule has 0 radical (unpaired) electrons. The first kappa shape index (κ1) is 11.5. The van der Waals surface area contributed by atoms with Crippen molar-refractivity contribution in [3.05, 3.63) is 0 Å². The third kappa shape index (κ3) is 3.64. The zero-order valence-electron chi connectivity index (χ0n) is 9.07. The lowest BCUT2D eigenvalue weighted by Gasteiger charge is -2.36. The summed E-state index contributed by atoms with van der Waals surface area (Å²) >= 11 is 0. The summed E-state index contributed by atoms with van der Waals surface area (Å²) in [5.74, 6) is -0.689. The Bertz CT molecular complexity index is 189. The fourth-order valence-corrected chi connectivity index (χ4v) is 1.78. The van der Waals surface area contributed by atoms with E-state index in [4.69, 9.17) is 5.11 Å². The monoisotopic (exact) mass is 200 g/mol. The highest BCUT2D eigenvalue weighted by molar-refractivity contribution is 5.66. The van der Waals surface area contributed by atoms with Crippen LogP contribution in [-0.2, 0) is 4.79 Å². The normalized spacial score (nSPS) is 22.1. The number of rotatable bonds is 4. The van der Waals surface area contributed by atoms with Gasteiger partial charge in [-0.05, 0) is 20.4 Å². The van der Waals surface area contributed by atoms with Crippen LogP contribution in [0.25, 0.3) is 0 Å². The minimum Gasteiger partial charge on any atom is -0.481 e. The van der Waals surface area contributed by atoms with E-state index in [-0.39, 0.29) is 6.42 Å². The highest BCUT2D eigenvalue weighted by atomic mass is 16.4. The summed E-state index contributed by atoms with van der Waals surface area (Å²) in [7, 11) is 2.12. The molecule has 4 heteroatoms. The van der Waals surface area contributed by atoms with Gasteiger partial charge in [0.2, 0.25) is 0 Å². The Balaban J connectivity index is 2.23. The number of hydrogen-bond acceptors (Lipinski definition) is 3. The molecular weight excluding hydrogens is 180 g/mol. The Labute approximate surface area is 85.5 Å². The largest absolute Gasteiger partial charge is 0.481 e. The van der Waals surface area contributed by atoms with E-state index in [2.05, 4.69) is 23.8 Å². The first-order chi connectivity index (χ1) is 6.59. The summed E-state index contributed by atoms with van der Waals surface area (Å²) in [6.45, 7) is 6.44. The molecule has 0 aromatic heterocycles. The second-order valence-corrected chi connectivity index (χ2v) is 4.12. The van der Waals surface area contributed by atoms with Crippen molar-refractivity contribution < 1.29 is 9.90 Å². The molecule has 1 saturated heterocycles. The predicted molar refractivity (Wildman–Crippen MR) is 55.4 cm³/mol. The molecule has 1 heterocycles. The number of hydrogen-bond donors (Lipinski definition) is 1. The van der Waals surface area contributed by atoms with E-state index in [1.807, 2.05) is 0 Å². The first-order valence-electron chi connectivity index (χ1n) is 5.24. The molecule has 0 unspecified atom stereocenters. The highest BCUT2D eigenvalue weighted by Crippen LogP contribution is 2.09. The molecule has 14 heavy (non-hydrogen) atoms. The molecule has 1 fully saturated rings. The summed E-state index contributed by atoms with van der Waals surface area (Å²) in [5.41, 5.74) is 0. The summed E-state index contributed by atoms with van der Waals surface area (Å²) < 4.78 is 0. The van der Waals surface area contributed by atoms with Crippen molar-refractivity contribution in [2.75, 3.05) is 33.2 Å². The van der Waals surface area contributed by atoms with Crippen molar-refractivity contribution in [3.8, 4) is 0 Å². The minimum atomic E-state index is -0.689. The van der Waals surface area contributed by atoms with Gasteiger partial charge in [-0.1, -0.05) is 0 Å². The lowest BCUT2D eigenvalue weighted by molar-refractivity contribution is -0.137. The Kier molecular flexibility index (Phi) is 4.35. The van der Waals surface area contributed by atoms with E-state index < -0.39 is 5.97 Å². The van der Waals surface area contributed by atoms with E-state index in [1.165, 1.54) is 0 Å². The predicted octanol–water partition coefficient (Wildman–Crippen LogP) is 0.487. The van der Waals surface area contributed by atoms with Gasteiger partial charge in [0.1, 0.15) is 0 Å². The van der Waals surface area contributed by atoms with Gasteiger partial charge in [-0.3, -0.25) is 9.69 Å². The van der Waals surface area contributed by atoms with E-state index in [1.54, 1.807) is 0 Å². The van der Waals surface area contributed by atoms with Crippen LogP contribution in [0.3, 0.4) is 0 Å². The number of aliphatic carboxylic acids is 1. The van der Waals surface area contributed by atoms with Crippen LogP contribution in [-0.4, -0.2) is 60.1 Å². The van der Waals surface area contributed by atoms with Crippen LogP contribution in [0.2, 0.25) is 0 Å². The number of likely N-dealkylation sites (N-methyl/N-ethyl adjacent to an activating group) is 1. The minimum absolute atomic E-state index is 0.285. The van der Waals surface area contributed by atoms with Crippen LogP contribution in [0.4, 0.5) is 0 Å². The summed E-state index contributed by atoms with van der Waals surface area (Å²) in [6, 6.07) is 0.403. The molecule has 0 saturated carbocycles. The Hall–Kier alpha value is -0.610. The van der Waals surface area contributed by atoms with Gasteiger partial charge in [0.05, 0.1) is 0 Å². The standard InChI is InChI=1S/C10H20N2O2/c1-9(3-4-10(13)14)12-7-5-11(2)6-8-12/h9H,3-8H2,1-2H3,(H,13,14)/t9-/m1/s1. The average Bonchev–Trinajstić information content (AvgIpc) is 2.15. The fraction of sp³-hybridized carbons (Fsp3) is 0.900. The fourth-order valence-electron chi connectivity index (χ4n) is 1.78. The maximum absolute atomic E-state index is 10.4. The van der Waals surface area contributed by atoms with Crippen molar-refractivity contribution >= 4 is 5.97 Å². The van der Waals surface area contributed by atoms with Crippen molar-refractivity contribution in [1.29, 1.82) is 0 Å². The molecule has 0 bridgehead atoms. The van der Waals surface area contributed by atoms with Crippen molar-refractivity contribution in [1.82, 2.24) is 9.80 Å². The Morgan fingerprint density at radius 2 is 1.93 bits per heavy atom. The maximum atomic E-state index is 10.4. The number of carboxylic acid groups (broad SMARTS) is 1. The molecule has 82 valence electrons. The third-order valence-corrected chi connectivity index (χ3v) is 2.94. The van der Waals surface area contributed by atoms with Gasteiger partial charge in [0.25, 0.3) is 0 Å². The lowest BCUT2D eigenvalue weighted by atomic mass is 10.1. The van der Waals surface area contributed by atoms with Crippen LogP contribution < -0.4 is 0 Å². The molecule has 1 N–H and O–H groups in total. The summed E-state index contributed by atoms with van der Waals surface area (Å²) in [4.78, 5) is 15.1. The molecule has 4 nitrogen and oxygen atoms in total. The highest BCUT2D eigenvalue weighted by Gasteiger charge is 2.19. The van der Waals surface area contributed by atoms with Gasteiger partial charge >= 0.3 is 5.97 Å². The van der Waals surface area contributed by atoms with E-state index in [0.717, 1.165) is 32.6 Å². The molecule has 1 aliphatic rings. The molecule has 1 atom stereocenters. The topological polar surface area (TPSA) is 43.8 Å². The molecule has 0 amide bonds. The Morgan fingerprint density at radius 1 is 1.36 bits per heavy atom. The zero-order chi connectivity index (χ0) is 10.6. The van der Waals surface area contributed by atoms with E-state index in [9.17, 15) is 4.79 Å². The van der Waals surface area contributed by atoms with Gasteiger partial charge in [-0.25, -0.2) is 0 Å². The molecule has 1 aliphatic heterocycles. The summed E-state index contributed by atoms with van der Waals surface area (Å²) in [5, 5.41) is 8.58. The second kappa shape index (κ2) is 5.32. The smallest absolute Gasteiger partial charge is 0.303 e. The molecule has 0 aromatic carbocycles. The molecule has 0 spiro atoms. The van der Waals surface area contributed by atoms with Gasteiger partial charge in [0, 0.05) is 38.6 Å².